The number of rotatable bonds is 2. The number of carbonyl (C=O) groups is 1. The van der Waals surface area contributed by atoms with Crippen molar-refractivity contribution in [3.8, 4) is 0 Å². The zero-order chi connectivity index (χ0) is 8.55. The van der Waals surface area contributed by atoms with E-state index in [1.807, 2.05) is 0 Å². The normalized spacial score (nSPS) is 37.9. The topological polar surface area (TPSA) is 26.3 Å². The van der Waals surface area contributed by atoms with Crippen LogP contribution in [0.2, 0.25) is 3.43 Å². The van der Waals surface area contributed by atoms with Crippen LogP contribution in [0.15, 0.2) is 0 Å². The molecule has 2 fully saturated rings. The fraction of sp³-hybridized carbons (Fsp3) is 0.889. The van der Waals surface area contributed by atoms with Crippen molar-refractivity contribution in [2.45, 2.75) is 36.0 Å². The third kappa shape index (κ3) is 1.83. The molecule has 0 saturated heterocycles. The molecule has 2 saturated carbocycles. The molecule has 0 aromatic heterocycles. The minimum absolute atomic E-state index is 0.0283. The molecule has 0 aromatic carbocycles. The summed E-state index contributed by atoms with van der Waals surface area (Å²) in [4.78, 5) is 10.6. The van der Waals surface area contributed by atoms with E-state index >= 15 is 0 Å². The van der Waals surface area contributed by atoms with E-state index in [4.69, 9.17) is 2.64 Å². The minimum atomic E-state index is -1.27. The fourth-order valence-corrected chi connectivity index (χ4v) is 9.63. The molecule has 0 amide bonds. The van der Waals surface area contributed by atoms with E-state index in [1.165, 1.54) is 25.7 Å². The van der Waals surface area contributed by atoms with Gasteiger partial charge in [0.1, 0.15) is 0 Å². The van der Waals surface area contributed by atoms with E-state index < -0.39 is 25.0 Å². The van der Waals surface area contributed by atoms with Crippen LogP contribution in [0.5, 0.6) is 0 Å². The average molecular weight is 355 g/mol. The van der Waals surface area contributed by atoms with Crippen molar-refractivity contribution in [2.24, 2.45) is 11.8 Å². The van der Waals surface area contributed by atoms with E-state index in [1.54, 1.807) is 6.92 Å². The van der Waals surface area contributed by atoms with Crippen LogP contribution < -0.4 is 0 Å². The molecule has 2 aliphatic carbocycles. The second kappa shape index (κ2) is 3.65. The van der Waals surface area contributed by atoms with Crippen LogP contribution in [-0.2, 0) is 32.5 Å². The molecule has 2 bridgehead atoms. The zero-order valence-corrected chi connectivity index (χ0v) is 13.1. The third-order valence-electron chi connectivity index (χ3n) is 3.39. The predicted molar refractivity (Wildman–Crippen MR) is 41.0 cm³/mol. The Morgan fingerprint density at radius 2 is 2.25 bits per heavy atom. The van der Waals surface area contributed by atoms with Gasteiger partial charge in [-0.15, -0.1) is 0 Å². The van der Waals surface area contributed by atoms with Crippen molar-refractivity contribution in [3.05, 3.63) is 0 Å². The molecule has 0 N–H and O–H groups in total. The van der Waals surface area contributed by atoms with Crippen LogP contribution in [-0.4, -0.2) is 5.97 Å². The van der Waals surface area contributed by atoms with Crippen LogP contribution in [0.25, 0.3) is 0 Å². The Morgan fingerprint density at radius 1 is 1.42 bits per heavy atom. The molecular formula is C9H14HgO2. The summed E-state index contributed by atoms with van der Waals surface area (Å²) >= 11 is -1.27. The van der Waals surface area contributed by atoms with Gasteiger partial charge >= 0.3 is 86.3 Å². The van der Waals surface area contributed by atoms with Crippen molar-refractivity contribution < 1.29 is 32.5 Å². The summed E-state index contributed by atoms with van der Waals surface area (Å²) in [5.74, 6) is 1.95. The first-order valence-electron chi connectivity index (χ1n) is 4.89. The number of hydrogen-bond acceptors (Lipinski definition) is 2. The van der Waals surface area contributed by atoms with Gasteiger partial charge in [-0.1, -0.05) is 0 Å². The Labute approximate surface area is 86.1 Å². The van der Waals surface area contributed by atoms with Crippen molar-refractivity contribution >= 4 is 5.97 Å². The summed E-state index contributed by atoms with van der Waals surface area (Å²) in [5.41, 5.74) is 0. The van der Waals surface area contributed by atoms with E-state index in [0.717, 1.165) is 15.3 Å². The number of fused-ring (bicyclic) bond motifs is 2. The van der Waals surface area contributed by atoms with E-state index in [9.17, 15) is 4.79 Å². The molecule has 2 aliphatic rings. The van der Waals surface area contributed by atoms with Crippen LogP contribution >= 0.6 is 0 Å². The molecule has 0 unspecified atom stereocenters. The average Bonchev–Trinajstić information content (AvgIpc) is 2.60. The van der Waals surface area contributed by atoms with Crippen LogP contribution in [0.4, 0.5) is 0 Å². The molecule has 3 heteroatoms. The molecule has 2 rings (SSSR count). The first-order valence-corrected chi connectivity index (χ1v) is 10.3. The molecule has 3 atom stereocenters. The van der Waals surface area contributed by atoms with Crippen LogP contribution in [0.1, 0.15) is 32.6 Å². The Bertz CT molecular complexity index is 193. The van der Waals surface area contributed by atoms with Gasteiger partial charge in [-0.25, -0.2) is 0 Å². The molecule has 0 aliphatic heterocycles. The summed E-state index contributed by atoms with van der Waals surface area (Å²) in [6.45, 7) is 1.55. The molecule has 2 nitrogen and oxygen atoms in total. The van der Waals surface area contributed by atoms with E-state index in [-0.39, 0.29) is 5.97 Å². The molecule has 0 heterocycles. The molecule has 0 radical (unpaired) electrons. The van der Waals surface area contributed by atoms with E-state index in [2.05, 4.69) is 0 Å². The summed E-state index contributed by atoms with van der Waals surface area (Å²) in [6, 6.07) is 0. The Kier molecular flexibility index (Phi) is 2.73. The predicted octanol–water partition coefficient (Wildman–Crippen LogP) is 2.16. The maximum absolute atomic E-state index is 10.6. The van der Waals surface area contributed by atoms with Crippen LogP contribution in [0, 0.1) is 11.8 Å². The quantitative estimate of drug-likeness (QED) is 0.710. The van der Waals surface area contributed by atoms with Gasteiger partial charge in [-0.05, 0) is 0 Å². The standard InChI is InChI=1S/C7H11.C2H4O2.Hg/c1-2-7-4-3-6(1)5-7;1-2(3)4;/h1,6-7H,2-5H2;1H3,(H,3,4);/q;;+1/p-1/t6-,7+;;/m1../s1. The Balaban J connectivity index is 1.79. The molecule has 0 spiro atoms. The first-order chi connectivity index (χ1) is 5.75. The van der Waals surface area contributed by atoms with Gasteiger partial charge in [0.25, 0.3) is 0 Å². The molecular weight excluding hydrogens is 341 g/mol. The van der Waals surface area contributed by atoms with Crippen molar-refractivity contribution in [1.29, 1.82) is 0 Å². The second-order valence-corrected chi connectivity index (χ2v) is 10.7. The number of hydrogen-bond donors (Lipinski definition) is 0. The SMILES string of the molecule is CC(=O)[O][Hg][C@@H]1C[C@H]2CC[C@@H]1C2. The second-order valence-electron chi connectivity index (χ2n) is 4.24. The van der Waals surface area contributed by atoms with Gasteiger partial charge in [0, 0.05) is 0 Å². The van der Waals surface area contributed by atoms with Gasteiger partial charge in [0.05, 0.1) is 0 Å². The summed E-state index contributed by atoms with van der Waals surface area (Å²) in [5, 5.41) is 0. The molecule has 12 heavy (non-hydrogen) atoms. The monoisotopic (exact) mass is 356 g/mol. The van der Waals surface area contributed by atoms with Gasteiger partial charge < -0.3 is 0 Å². The first kappa shape index (κ1) is 8.98. The van der Waals surface area contributed by atoms with Crippen molar-refractivity contribution in [2.75, 3.05) is 0 Å². The van der Waals surface area contributed by atoms with Crippen LogP contribution in [0.3, 0.4) is 0 Å². The summed E-state index contributed by atoms with van der Waals surface area (Å²) in [6.07, 6.45) is 5.73. The van der Waals surface area contributed by atoms with E-state index in [0.29, 0.717) is 0 Å². The van der Waals surface area contributed by atoms with Gasteiger partial charge in [0.15, 0.2) is 0 Å². The third-order valence-corrected chi connectivity index (χ3v) is 11.2. The summed E-state index contributed by atoms with van der Waals surface area (Å²) in [7, 11) is 0. The number of carbonyl (C=O) groups excluding carboxylic acids is 1. The van der Waals surface area contributed by atoms with Gasteiger partial charge in [-0.2, -0.15) is 0 Å². The molecule has 0 aromatic rings. The Hall–Kier alpha value is 0.405. The maximum atomic E-state index is 10.6. The summed E-state index contributed by atoms with van der Waals surface area (Å²) < 4.78 is 6.17. The van der Waals surface area contributed by atoms with Gasteiger partial charge in [0.2, 0.25) is 0 Å². The molecule has 64 valence electrons. The Morgan fingerprint density at radius 3 is 2.75 bits per heavy atom. The van der Waals surface area contributed by atoms with Gasteiger partial charge in [-0.3, -0.25) is 0 Å². The van der Waals surface area contributed by atoms with Crippen molar-refractivity contribution in [1.82, 2.24) is 0 Å². The van der Waals surface area contributed by atoms with Crippen molar-refractivity contribution in [3.63, 3.8) is 0 Å². The fourth-order valence-electron chi connectivity index (χ4n) is 2.80. The zero-order valence-electron chi connectivity index (χ0n) is 7.58.